The molecule has 1 N–H and O–H groups in total. The molecule has 1 aliphatic rings. The zero-order valence-electron chi connectivity index (χ0n) is 13.7. The molecule has 0 saturated carbocycles. The van der Waals surface area contributed by atoms with E-state index in [1.54, 1.807) is 18.2 Å². The van der Waals surface area contributed by atoms with E-state index in [9.17, 15) is 4.79 Å². The van der Waals surface area contributed by atoms with Crippen LogP contribution in [0.5, 0.6) is 0 Å². The maximum absolute atomic E-state index is 12.1. The Morgan fingerprint density at radius 1 is 1.08 bits per heavy atom. The lowest BCUT2D eigenvalue weighted by atomic mass is 10.0. The minimum Gasteiger partial charge on any atom is -0.300 e. The lowest BCUT2D eigenvalue weighted by Gasteiger charge is -2.04. The first kappa shape index (κ1) is 18.1. The van der Waals surface area contributed by atoms with Crippen LogP contribution < -0.4 is 5.32 Å². The summed E-state index contributed by atoms with van der Waals surface area (Å²) in [6, 6.07) is 13.3. The lowest BCUT2D eigenvalue weighted by molar-refractivity contribution is -0.115. The Bertz CT molecular complexity index is 873. The Morgan fingerprint density at radius 3 is 2.44 bits per heavy atom. The Balaban J connectivity index is 1.79. The van der Waals surface area contributed by atoms with E-state index in [-0.39, 0.29) is 5.91 Å². The highest BCUT2D eigenvalue weighted by atomic mass is 35.5. The van der Waals surface area contributed by atoms with E-state index in [4.69, 9.17) is 23.2 Å². The maximum Gasteiger partial charge on any atom is 0.264 e. The maximum atomic E-state index is 12.1. The van der Waals surface area contributed by atoms with Crippen LogP contribution in [0.1, 0.15) is 30.9 Å². The van der Waals surface area contributed by atoms with E-state index >= 15 is 0 Å². The van der Waals surface area contributed by atoms with Gasteiger partial charge in [-0.05, 0) is 53.1 Å². The number of carbonyl (C=O) groups is 1. The Labute approximate surface area is 161 Å². The number of halogens is 2. The molecule has 1 fully saturated rings. The van der Waals surface area contributed by atoms with Crippen molar-refractivity contribution in [3.63, 3.8) is 0 Å². The number of hydrogen-bond acceptors (Lipinski definition) is 3. The van der Waals surface area contributed by atoms with Gasteiger partial charge in [0.1, 0.15) is 0 Å². The summed E-state index contributed by atoms with van der Waals surface area (Å²) >= 11 is 13.2. The quantitative estimate of drug-likeness (QED) is 0.651. The fraction of sp³-hybridized carbons (Fsp3) is 0.158. The van der Waals surface area contributed by atoms with Crippen LogP contribution in [0.2, 0.25) is 10.0 Å². The van der Waals surface area contributed by atoms with Crippen molar-refractivity contribution in [2.24, 2.45) is 4.99 Å². The molecule has 3 nitrogen and oxygen atoms in total. The van der Waals surface area contributed by atoms with Gasteiger partial charge in [-0.2, -0.15) is 0 Å². The SMILES string of the molecule is CC(C)c1ccc(/C=C2/SC(=Nc3ccc(Cl)c(Cl)c3)NC2=O)cc1. The largest absolute Gasteiger partial charge is 0.300 e. The summed E-state index contributed by atoms with van der Waals surface area (Å²) in [6.07, 6.45) is 1.86. The first-order chi connectivity index (χ1) is 11.9. The van der Waals surface area contributed by atoms with Crippen molar-refractivity contribution in [3.05, 3.63) is 68.5 Å². The molecule has 0 unspecified atom stereocenters. The van der Waals surface area contributed by atoms with Crippen molar-refractivity contribution in [2.75, 3.05) is 0 Å². The van der Waals surface area contributed by atoms with Gasteiger partial charge in [0.05, 0.1) is 20.6 Å². The number of hydrogen-bond donors (Lipinski definition) is 1. The first-order valence-electron chi connectivity index (χ1n) is 7.77. The van der Waals surface area contributed by atoms with Crippen molar-refractivity contribution in [1.82, 2.24) is 5.32 Å². The number of nitrogens with one attached hydrogen (secondary N) is 1. The van der Waals surface area contributed by atoms with Crippen molar-refractivity contribution in [2.45, 2.75) is 19.8 Å². The van der Waals surface area contributed by atoms with Gasteiger partial charge in [0.2, 0.25) is 0 Å². The third kappa shape index (κ3) is 4.46. The molecule has 0 aliphatic carbocycles. The van der Waals surface area contributed by atoms with Gasteiger partial charge in [-0.15, -0.1) is 0 Å². The smallest absolute Gasteiger partial charge is 0.264 e. The predicted molar refractivity (Wildman–Crippen MR) is 108 cm³/mol. The Hall–Kier alpha value is -1.75. The van der Waals surface area contributed by atoms with Gasteiger partial charge in [0, 0.05) is 0 Å². The summed E-state index contributed by atoms with van der Waals surface area (Å²) in [5.74, 6) is 0.326. The van der Waals surface area contributed by atoms with Gasteiger partial charge in [0.15, 0.2) is 5.17 Å². The van der Waals surface area contributed by atoms with Gasteiger partial charge < -0.3 is 5.32 Å². The number of thioether (sulfide) groups is 1. The molecule has 3 rings (SSSR count). The van der Waals surface area contributed by atoms with Crippen LogP contribution in [0.4, 0.5) is 5.69 Å². The van der Waals surface area contributed by atoms with Crippen LogP contribution in [0.15, 0.2) is 52.4 Å². The van der Waals surface area contributed by atoms with Gasteiger partial charge >= 0.3 is 0 Å². The van der Waals surface area contributed by atoms with Crippen molar-refractivity contribution in [1.29, 1.82) is 0 Å². The summed E-state index contributed by atoms with van der Waals surface area (Å²) in [4.78, 5) is 17.2. The topological polar surface area (TPSA) is 41.5 Å². The molecule has 0 spiro atoms. The van der Waals surface area contributed by atoms with Crippen molar-refractivity contribution >= 4 is 57.8 Å². The second-order valence-corrected chi connectivity index (χ2v) is 7.75. The molecule has 1 saturated heterocycles. The molecule has 0 aromatic heterocycles. The fourth-order valence-corrected chi connectivity index (χ4v) is 3.42. The second-order valence-electron chi connectivity index (χ2n) is 5.90. The highest BCUT2D eigenvalue weighted by molar-refractivity contribution is 8.18. The summed E-state index contributed by atoms with van der Waals surface area (Å²) < 4.78 is 0. The molecular formula is C19H16Cl2N2OS. The number of amides is 1. The molecule has 128 valence electrons. The summed E-state index contributed by atoms with van der Waals surface area (Å²) in [5.41, 5.74) is 2.89. The lowest BCUT2D eigenvalue weighted by Crippen LogP contribution is -2.19. The molecule has 2 aromatic rings. The number of aliphatic imine (C=N–C) groups is 1. The molecule has 0 bridgehead atoms. The van der Waals surface area contributed by atoms with Crippen LogP contribution in [-0.2, 0) is 4.79 Å². The molecule has 1 heterocycles. The molecule has 25 heavy (non-hydrogen) atoms. The molecule has 6 heteroatoms. The number of amidine groups is 1. The van der Waals surface area contributed by atoms with Gasteiger partial charge in [-0.25, -0.2) is 4.99 Å². The van der Waals surface area contributed by atoms with Crippen molar-refractivity contribution < 1.29 is 4.79 Å². The fourth-order valence-electron chi connectivity index (χ4n) is 2.28. The predicted octanol–water partition coefficient (Wildman–Crippen LogP) is 6.01. The minimum absolute atomic E-state index is 0.156. The third-order valence-electron chi connectivity index (χ3n) is 3.69. The van der Waals surface area contributed by atoms with Crippen LogP contribution in [0, 0.1) is 0 Å². The number of benzene rings is 2. The minimum atomic E-state index is -0.156. The van der Waals surface area contributed by atoms with E-state index in [0.717, 1.165) is 5.56 Å². The Morgan fingerprint density at radius 2 is 1.80 bits per heavy atom. The highest BCUT2D eigenvalue weighted by Crippen LogP contribution is 2.31. The molecular weight excluding hydrogens is 375 g/mol. The zero-order chi connectivity index (χ0) is 18.0. The number of rotatable bonds is 3. The van der Waals surface area contributed by atoms with E-state index in [1.165, 1.54) is 17.3 Å². The highest BCUT2D eigenvalue weighted by Gasteiger charge is 2.23. The molecule has 1 aliphatic heterocycles. The van der Waals surface area contributed by atoms with Crippen LogP contribution in [0.3, 0.4) is 0 Å². The second kappa shape index (κ2) is 7.65. The molecule has 0 radical (unpaired) electrons. The molecule has 0 atom stereocenters. The van der Waals surface area contributed by atoms with Gasteiger partial charge in [-0.1, -0.05) is 61.3 Å². The molecule has 1 amide bonds. The average Bonchev–Trinajstić information content (AvgIpc) is 2.91. The van der Waals surface area contributed by atoms with Gasteiger partial charge in [-0.3, -0.25) is 4.79 Å². The monoisotopic (exact) mass is 390 g/mol. The van der Waals surface area contributed by atoms with Crippen LogP contribution in [-0.4, -0.2) is 11.1 Å². The molecule has 2 aromatic carbocycles. The van der Waals surface area contributed by atoms with Crippen LogP contribution >= 0.6 is 35.0 Å². The normalized spacial score (nSPS) is 17.6. The van der Waals surface area contributed by atoms with Crippen LogP contribution in [0.25, 0.3) is 6.08 Å². The standard InChI is InChI=1S/C19H16Cl2N2OS/c1-11(2)13-5-3-12(4-6-13)9-17-18(24)23-19(25-17)22-14-7-8-15(20)16(21)10-14/h3-11H,1-2H3,(H,22,23,24)/b17-9+. The third-order valence-corrected chi connectivity index (χ3v) is 5.33. The van der Waals surface area contributed by atoms with Gasteiger partial charge in [0.25, 0.3) is 5.91 Å². The Kier molecular flexibility index (Phi) is 5.52. The van der Waals surface area contributed by atoms with E-state index < -0.39 is 0 Å². The summed E-state index contributed by atoms with van der Waals surface area (Å²) in [7, 11) is 0. The number of carbonyl (C=O) groups excluding carboxylic acids is 1. The number of nitrogens with zero attached hydrogens (tertiary/aromatic N) is 1. The van der Waals surface area contributed by atoms with E-state index in [2.05, 4.69) is 36.3 Å². The summed E-state index contributed by atoms with van der Waals surface area (Å²) in [6.45, 7) is 4.30. The van der Waals surface area contributed by atoms with E-state index in [1.807, 2.05) is 18.2 Å². The zero-order valence-corrected chi connectivity index (χ0v) is 16.0. The first-order valence-corrected chi connectivity index (χ1v) is 9.34. The van der Waals surface area contributed by atoms with E-state index in [0.29, 0.717) is 31.7 Å². The summed E-state index contributed by atoms with van der Waals surface area (Å²) in [5, 5.41) is 4.19. The van der Waals surface area contributed by atoms with Crippen molar-refractivity contribution in [3.8, 4) is 0 Å². The average molecular weight is 391 g/mol.